The van der Waals surface area contributed by atoms with Crippen molar-refractivity contribution in [3.05, 3.63) is 47.7 Å². The number of hydrogen-bond acceptors (Lipinski definition) is 7. The number of benzene rings is 1. The van der Waals surface area contributed by atoms with Gasteiger partial charge in [-0.1, -0.05) is 0 Å². The highest BCUT2D eigenvalue weighted by atomic mass is 19.1. The first-order valence-electron chi connectivity index (χ1n) is 8.40. The van der Waals surface area contributed by atoms with Gasteiger partial charge in [-0.25, -0.2) is 19.4 Å². The van der Waals surface area contributed by atoms with Gasteiger partial charge < -0.3 is 20.5 Å². The lowest BCUT2D eigenvalue weighted by Gasteiger charge is -2.30. The molecule has 2 heterocycles. The lowest BCUT2D eigenvalue weighted by molar-refractivity contribution is 0.102. The zero-order valence-electron chi connectivity index (χ0n) is 14.8. The fourth-order valence-corrected chi connectivity index (χ4v) is 3.37. The largest absolute Gasteiger partial charge is 0.480 e. The topological polar surface area (TPSA) is 112 Å². The molecule has 27 heavy (non-hydrogen) atoms. The van der Waals surface area contributed by atoms with Crippen LogP contribution in [0.4, 0.5) is 10.1 Å². The number of aliphatic imine (C=N–C) groups is 1. The quantitative estimate of drug-likeness (QED) is 0.848. The van der Waals surface area contributed by atoms with Gasteiger partial charge in [-0.2, -0.15) is 0 Å². The third kappa shape index (κ3) is 3.05. The molecule has 1 aliphatic carbocycles. The van der Waals surface area contributed by atoms with Crippen LogP contribution in [0, 0.1) is 11.7 Å². The van der Waals surface area contributed by atoms with Gasteiger partial charge in [0, 0.05) is 17.2 Å². The van der Waals surface area contributed by atoms with Gasteiger partial charge in [0.15, 0.2) is 0 Å². The second kappa shape index (κ2) is 6.19. The predicted octanol–water partition coefficient (Wildman–Crippen LogP) is 1.83. The second-order valence-electron chi connectivity index (χ2n) is 6.69. The van der Waals surface area contributed by atoms with E-state index in [4.69, 9.17) is 15.2 Å². The highest BCUT2D eigenvalue weighted by molar-refractivity contribution is 6.02. The van der Waals surface area contributed by atoms with Gasteiger partial charge in [0.05, 0.1) is 25.0 Å². The number of rotatable bonds is 4. The van der Waals surface area contributed by atoms with Crippen LogP contribution in [0.1, 0.15) is 29.4 Å². The van der Waals surface area contributed by atoms with E-state index in [2.05, 4.69) is 20.3 Å². The summed E-state index contributed by atoms with van der Waals surface area (Å²) in [6.45, 7) is 1.83. The normalized spacial score (nSPS) is 25.7. The fraction of sp³-hybridized carbons (Fsp3) is 0.333. The first kappa shape index (κ1) is 17.2. The average molecular weight is 371 g/mol. The van der Waals surface area contributed by atoms with Crippen molar-refractivity contribution in [3.63, 3.8) is 0 Å². The van der Waals surface area contributed by atoms with E-state index in [1.54, 1.807) is 6.07 Å². The molecule has 1 fully saturated rings. The van der Waals surface area contributed by atoms with E-state index >= 15 is 0 Å². The number of fused-ring (bicyclic) bond motifs is 1. The van der Waals surface area contributed by atoms with Gasteiger partial charge in [-0.15, -0.1) is 0 Å². The summed E-state index contributed by atoms with van der Waals surface area (Å²) in [5.74, 6) is -0.522. The molecule has 8 nitrogen and oxygen atoms in total. The van der Waals surface area contributed by atoms with Crippen LogP contribution < -0.4 is 15.8 Å². The van der Waals surface area contributed by atoms with Gasteiger partial charge in [0.2, 0.25) is 5.88 Å². The number of nitrogens with one attached hydrogen (secondary N) is 1. The molecule has 9 heteroatoms. The Morgan fingerprint density at radius 2 is 2.22 bits per heavy atom. The first-order chi connectivity index (χ1) is 12.9. The van der Waals surface area contributed by atoms with Crippen molar-refractivity contribution < 1.29 is 18.7 Å². The summed E-state index contributed by atoms with van der Waals surface area (Å²) in [5, 5.41) is 2.70. The molecule has 140 valence electrons. The number of ether oxygens (including phenoxy) is 2. The molecule has 2 aromatic rings. The number of nitrogens with two attached hydrogens (primary N) is 1. The highest BCUT2D eigenvalue weighted by Crippen LogP contribution is 2.53. The summed E-state index contributed by atoms with van der Waals surface area (Å²) in [5.41, 5.74) is 5.81. The van der Waals surface area contributed by atoms with Crippen molar-refractivity contribution in [3.8, 4) is 5.88 Å². The molecular formula is C18H18FN5O3. The molecular weight excluding hydrogens is 353 g/mol. The molecule has 4 rings (SSSR count). The molecule has 3 N–H and O–H groups in total. The van der Waals surface area contributed by atoms with Crippen LogP contribution in [0.25, 0.3) is 0 Å². The summed E-state index contributed by atoms with van der Waals surface area (Å²) < 4.78 is 24.9. The molecule has 3 atom stereocenters. The number of nitrogens with zero attached hydrogens (tertiary/aromatic N) is 3. The number of anilines is 1. The van der Waals surface area contributed by atoms with Crippen LogP contribution in [0.5, 0.6) is 5.88 Å². The van der Waals surface area contributed by atoms with Crippen LogP contribution in [0.15, 0.2) is 35.6 Å². The molecule has 0 bridgehead atoms. The number of aromatic nitrogens is 2. The van der Waals surface area contributed by atoms with E-state index in [-0.39, 0.29) is 23.7 Å². The number of carbonyl (C=O) groups excluding carboxylic acids is 1. The smallest absolute Gasteiger partial charge is 0.283 e. The molecule has 1 aliphatic heterocycles. The minimum atomic E-state index is -0.836. The van der Waals surface area contributed by atoms with Crippen LogP contribution in [0.3, 0.4) is 0 Å². The van der Waals surface area contributed by atoms with Crippen LogP contribution in [0.2, 0.25) is 0 Å². The Bertz CT molecular complexity index is 933. The summed E-state index contributed by atoms with van der Waals surface area (Å²) in [7, 11) is 1.46. The molecule has 1 aromatic carbocycles. The van der Waals surface area contributed by atoms with Gasteiger partial charge in [-0.05, 0) is 31.5 Å². The number of carbonyl (C=O) groups is 1. The van der Waals surface area contributed by atoms with Gasteiger partial charge in [-0.3, -0.25) is 4.79 Å². The van der Waals surface area contributed by atoms with Crippen molar-refractivity contribution in [2.45, 2.75) is 25.0 Å². The highest BCUT2D eigenvalue weighted by Gasteiger charge is 2.57. The van der Waals surface area contributed by atoms with Crippen molar-refractivity contribution >= 4 is 17.6 Å². The molecule has 0 radical (unpaired) electrons. The lowest BCUT2D eigenvalue weighted by atomic mass is 9.86. The molecule has 2 aliphatic rings. The van der Waals surface area contributed by atoms with E-state index in [1.807, 2.05) is 6.92 Å². The molecule has 1 amide bonds. The predicted molar refractivity (Wildman–Crippen MR) is 94.9 cm³/mol. The third-order valence-electron chi connectivity index (χ3n) is 4.91. The maximum atomic E-state index is 14.6. The van der Waals surface area contributed by atoms with E-state index in [9.17, 15) is 9.18 Å². The van der Waals surface area contributed by atoms with Gasteiger partial charge in [0.1, 0.15) is 17.6 Å². The second-order valence-corrected chi connectivity index (χ2v) is 6.69. The van der Waals surface area contributed by atoms with Crippen molar-refractivity contribution in [2.75, 3.05) is 12.4 Å². The Morgan fingerprint density at radius 3 is 2.93 bits per heavy atom. The standard InChI is InChI=1S/C18H18FN5O3/c1-18(11-6-14(11)27-17(20)24-18)10-5-9(3-4-12(10)19)23-16(25)13-7-22-15(26-2)8-21-13/h3-5,7-8,11,14H,6H2,1-2H3,(H2,20,24)(H,23,25)/t11?,14-,18+/m1/s1. The van der Waals surface area contributed by atoms with Crippen molar-refractivity contribution in [2.24, 2.45) is 16.6 Å². The Morgan fingerprint density at radius 1 is 1.41 bits per heavy atom. The van der Waals surface area contributed by atoms with E-state index in [0.717, 1.165) is 6.42 Å². The number of halogens is 1. The maximum absolute atomic E-state index is 14.6. The summed E-state index contributed by atoms with van der Waals surface area (Å²) in [6.07, 6.45) is 3.37. The maximum Gasteiger partial charge on any atom is 0.283 e. The molecule has 0 saturated heterocycles. The fourth-order valence-electron chi connectivity index (χ4n) is 3.37. The minimum Gasteiger partial charge on any atom is -0.480 e. The number of amidine groups is 1. The van der Waals surface area contributed by atoms with E-state index < -0.39 is 17.3 Å². The summed E-state index contributed by atoms with van der Waals surface area (Å²) in [4.78, 5) is 24.7. The van der Waals surface area contributed by atoms with Gasteiger partial charge >= 0.3 is 0 Å². The SMILES string of the molecule is COc1cnc(C(=O)Nc2ccc(F)c([C@]3(C)N=C(N)O[C@@H]4CC43)c2)cn1. The van der Waals surface area contributed by atoms with Crippen LogP contribution in [-0.2, 0) is 10.3 Å². The Balaban J connectivity index is 1.61. The Kier molecular flexibility index (Phi) is 3.94. The molecule has 1 saturated carbocycles. The minimum absolute atomic E-state index is 0.0419. The van der Waals surface area contributed by atoms with Crippen molar-refractivity contribution in [1.82, 2.24) is 9.97 Å². The number of amides is 1. The van der Waals surface area contributed by atoms with Crippen LogP contribution in [-0.4, -0.2) is 35.1 Å². The lowest BCUT2D eigenvalue weighted by Crippen LogP contribution is -2.35. The Labute approximate surface area is 154 Å². The van der Waals surface area contributed by atoms with Crippen molar-refractivity contribution in [1.29, 1.82) is 0 Å². The Hall–Kier alpha value is -3.23. The molecule has 0 spiro atoms. The number of hydrogen-bond donors (Lipinski definition) is 2. The zero-order valence-corrected chi connectivity index (χ0v) is 14.8. The molecule has 1 aromatic heterocycles. The molecule has 1 unspecified atom stereocenters. The van der Waals surface area contributed by atoms with E-state index in [1.165, 1.54) is 31.6 Å². The van der Waals surface area contributed by atoms with Gasteiger partial charge in [0.25, 0.3) is 11.9 Å². The summed E-state index contributed by atoms with van der Waals surface area (Å²) >= 11 is 0. The third-order valence-corrected chi connectivity index (χ3v) is 4.91. The van der Waals surface area contributed by atoms with E-state index in [0.29, 0.717) is 17.1 Å². The number of methoxy groups -OCH3 is 1. The first-order valence-corrected chi connectivity index (χ1v) is 8.40. The summed E-state index contributed by atoms with van der Waals surface area (Å²) in [6, 6.07) is 4.41. The average Bonchev–Trinajstić information content (AvgIpc) is 3.43. The van der Waals surface area contributed by atoms with Crippen LogP contribution >= 0.6 is 0 Å². The monoisotopic (exact) mass is 371 g/mol. The zero-order chi connectivity index (χ0) is 19.2.